The molecule has 1 aromatic heterocycles. The van der Waals surface area contributed by atoms with Crippen molar-refractivity contribution in [2.75, 3.05) is 0 Å². The molecule has 2 N–H and O–H groups in total. The Morgan fingerprint density at radius 3 is 2.84 bits per heavy atom. The van der Waals surface area contributed by atoms with Crippen molar-refractivity contribution in [3.63, 3.8) is 0 Å². The van der Waals surface area contributed by atoms with E-state index in [0.717, 1.165) is 12.0 Å². The van der Waals surface area contributed by atoms with Gasteiger partial charge in [-0.05, 0) is 30.0 Å². The minimum atomic E-state index is -0.194. The van der Waals surface area contributed by atoms with Crippen molar-refractivity contribution in [3.05, 3.63) is 46.6 Å². The van der Waals surface area contributed by atoms with Gasteiger partial charge in [-0.3, -0.25) is 0 Å². The summed E-state index contributed by atoms with van der Waals surface area (Å²) >= 11 is 5.94. The predicted octanol–water partition coefficient (Wildman–Crippen LogP) is 3.36. The van der Waals surface area contributed by atoms with Crippen LogP contribution in [0.15, 0.2) is 28.8 Å². The van der Waals surface area contributed by atoms with Crippen LogP contribution in [-0.4, -0.2) is 10.1 Å². The number of nitrogens with zero attached hydrogens (tertiary/aromatic N) is 2. The molecule has 0 radical (unpaired) electrons. The molecule has 0 fully saturated rings. The Hall–Kier alpha value is -1.39. The molecule has 1 aromatic carbocycles. The van der Waals surface area contributed by atoms with Gasteiger partial charge in [0, 0.05) is 11.4 Å². The Balaban J connectivity index is 2.05. The van der Waals surface area contributed by atoms with Gasteiger partial charge in [-0.1, -0.05) is 42.7 Å². The predicted molar refractivity (Wildman–Crippen MR) is 74.9 cm³/mol. The third kappa shape index (κ3) is 4.04. The quantitative estimate of drug-likeness (QED) is 0.911. The van der Waals surface area contributed by atoms with E-state index in [9.17, 15) is 0 Å². The molecular weight excluding hydrogens is 262 g/mol. The number of hydrogen-bond donors (Lipinski definition) is 1. The highest BCUT2D eigenvalue weighted by Crippen LogP contribution is 2.18. The Morgan fingerprint density at radius 2 is 2.16 bits per heavy atom. The van der Waals surface area contributed by atoms with Crippen LogP contribution in [-0.2, 0) is 6.42 Å². The summed E-state index contributed by atoms with van der Waals surface area (Å²) in [5, 5.41) is 4.67. The zero-order chi connectivity index (χ0) is 13.8. The number of nitrogens with two attached hydrogens (primary N) is 1. The zero-order valence-electron chi connectivity index (χ0n) is 11.1. The monoisotopic (exact) mass is 279 g/mol. The molecule has 1 heterocycles. The van der Waals surface area contributed by atoms with Gasteiger partial charge in [0.2, 0.25) is 5.89 Å². The fourth-order valence-corrected chi connectivity index (χ4v) is 2.14. The number of benzene rings is 1. The van der Waals surface area contributed by atoms with Crippen LogP contribution in [0.1, 0.15) is 43.6 Å². The normalized spacial score (nSPS) is 12.9. The van der Waals surface area contributed by atoms with E-state index < -0.39 is 0 Å². The van der Waals surface area contributed by atoms with Gasteiger partial charge in [-0.2, -0.15) is 4.98 Å². The van der Waals surface area contributed by atoms with Crippen molar-refractivity contribution in [2.45, 2.75) is 32.7 Å². The summed E-state index contributed by atoms with van der Waals surface area (Å²) in [7, 11) is 0. The molecule has 2 aromatic rings. The minimum absolute atomic E-state index is 0.194. The molecule has 0 spiro atoms. The van der Waals surface area contributed by atoms with Gasteiger partial charge in [0.15, 0.2) is 5.82 Å². The van der Waals surface area contributed by atoms with Crippen LogP contribution in [0.5, 0.6) is 0 Å². The van der Waals surface area contributed by atoms with Gasteiger partial charge in [0.25, 0.3) is 0 Å². The van der Waals surface area contributed by atoms with E-state index in [1.165, 1.54) is 0 Å². The van der Waals surface area contributed by atoms with Gasteiger partial charge in [0.05, 0.1) is 6.04 Å². The highest BCUT2D eigenvalue weighted by atomic mass is 35.5. The third-order valence-corrected chi connectivity index (χ3v) is 3.01. The molecule has 0 aliphatic rings. The van der Waals surface area contributed by atoms with E-state index >= 15 is 0 Å². The average molecular weight is 280 g/mol. The van der Waals surface area contributed by atoms with Crippen LogP contribution >= 0.6 is 11.6 Å². The summed E-state index contributed by atoms with van der Waals surface area (Å²) in [6.45, 7) is 4.23. The summed E-state index contributed by atoms with van der Waals surface area (Å²) < 4.78 is 5.21. The molecule has 0 aliphatic carbocycles. The number of halogens is 1. The fraction of sp³-hybridized carbons (Fsp3) is 0.429. The van der Waals surface area contributed by atoms with E-state index in [4.69, 9.17) is 21.9 Å². The molecule has 0 unspecified atom stereocenters. The van der Waals surface area contributed by atoms with Crippen LogP contribution < -0.4 is 5.73 Å². The van der Waals surface area contributed by atoms with E-state index in [-0.39, 0.29) is 6.04 Å². The molecule has 19 heavy (non-hydrogen) atoms. The third-order valence-electron chi connectivity index (χ3n) is 2.78. The lowest BCUT2D eigenvalue weighted by Crippen LogP contribution is -2.13. The molecule has 2 rings (SSSR count). The maximum Gasteiger partial charge on any atom is 0.243 e. The van der Waals surface area contributed by atoms with Crippen LogP contribution in [0.25, 0.3) is 0 Å². The topological polar surface area (TPSA) is 64.9 Å². The molecular formula is C14H18ClN3O. The molecule has 5 heteroatoms. The molecule has 4 nitrogen and oxygen atoms in total. The highest BCUT2D eigenvalue weighted by Gasteiger charge is 2.16. The van der Waals surface area contributed by atoms with Crippen molar-refractivity contribution in [1.82, 2.24) is 10.1 Å². The largest absolute Gasteiger partial charge is 0.338 e. The second-order valence-electron chi connectivity index (χ2n) is 5.09. The second kappa shape index (κ2) is 6.17. The van der Waals surface area contributed by atoms with Crippen LogP contribution in [0.2, 0.25) is 5.02 Å². The van der Waals surface area contributed by atoms with Crippen molar-refractivity contribution >= 4 is 11.6 Å². The Kier molecular flexibility index (Phi) is 4.56. The molecule has 0 bridgehead atoms. The zero-order valence-corrected chi connectivity index (χ0v) is 11.9. The summed E-state index contributed by atoms with van der Waals surface area (Å²) in [6, 6.07) is 7.43. The molecule has 1 atom stereocenters. The smallest absolute Gasteiger partial charge is 0.243 e. The fourth-order valence-electron chi connectivity index (χ4n) is 1.93. The lowest BCUT2D eigenvalue weighted by atomic mass is 10.0. The SMILES string of the molecule is CC(C)C[C@H](N)c1nc(Cc2cccc(Cl)c2)no1. The van der Waals surface area contributed by atoms with Crippen molar-refractivity contribution in [1.29, 1.82) is 0 Å². The van der Waals surface area contributed by atoms with Crippen molar-refractivity contribution < 1.29 is 4.52 Å². The summed E-state index contributed by atoms with van der Waals surface area (Å²) in [6.07, 6.45) is 1.43. The summed E-state index contributed by atoms with van der Waals surface area (Å²) in [4.78, 5) is 4.34. The first-order valence-electron chi connectivity index (χ1n) is 6.37. The number of aromatic nitrogens is 2. The molecule has 0 saturated carbocycles. The maximum atomic E-state index is 6.01. The van der Waals surface area contributed by atoms with Crippen molar-refractivity contribution in [3.8, 4) is 0 Å². The van der Waals surface area contributed by atoms with Crippen LogP contribution in [0.3, 0.4) is 0 Å². The average Bonchev–Trinajstić information content (AvgIpc) is 2.76. The van der Waals surface area contributed by atoms with E-state index in [1.54, 1.807) is 0 Å². The maximum absolute atomic E-state index is 6.01. The first-order chi connectivity index (χ1) is 9.04. The lowest BCUT2D eigenvalue weighted by molar-refractivity contribution is 0.333. The lowest BCUT2D eigenvalue weighted by Gasteiger charge is -2.08. The molecule has 0 amide bonds. The number of rotatable bonds is 5. The minimum Gasteiger partial charge on any atom is -0.338 e. The van der Waals surface area contributed by atoms with E-state index in [2.05, 4.69) is 24.0 Å². The van der Waals surface area contributed by atoms with Gasteiger partial charge in [-0.25, -0.2) is 0 Å². The van der Waals surface area contributed by atoms with Crippen LogP contribution in [0, 0.1) is 5.92 Å². The van der Waals surface area contributed by atoms with Gasteiger partial charge < -0.3 is 10.3 Å². The first-order valence-corrected chi connectivity index (χ1v) is 6.75. The summed E-state index contributed by atoms with van der Waals surface area (Å²) in [5.74, 6) is 1.64. The first kappa shape index (κ1) is 14.0. The standard InChI is InChI=1S/C14H18ClN3O/c1-9(2)6-12(16)14-17-13(18-19-14)8-10-4-3-5-11(15)7-10/h3-5,7,9,12H,6,8,16H2,1-2H3/t12-/m0/s1. The molecule has 102 valence electrons. The molecule has 0 saturated heterocycles. The second-order valence-corrected chi connectivity index (χ2v) is 5.53. The molecule has 0 aliphatic heterocycles. The van der Waals surface area contributed by atoms with Gasteiger partial charge >= 0.3 is 0 Å². The van der Waals surface area contributed by atoms with Gasteiger partial charge in [-0.15, -0.1) is 0 Å². The Morgan fingerprint density at radius 1 is 1.37 bits per heavy atom. The van der Waals surface area contributed by atoms with Crippen LogP contribution in [0.4, 0.5) is 0 Å². The Bertz CT molecular complexity index is 539. The summed E-state index contributed by atoms with van der Waals surface area (Å²) in [5.41, 5.74) is 7.06. The van der Waals surface area contributed by atoms with E-state index in [1.807, 2.05) is 24.3 Å². The van der Waals surface area contributed by atoms with E-state index in [0.29, 0.717) is 29.1 Å². The number of hydrogen-bond acceptors (Lipinski definition) is 4. The highest BCUT2D eigenvalue weighted by molar-refractivity contribution is 6.30. The van der Waals surface area contributed by atoms with Gasteiger partial charge in [0.1, 0.15) is 0 Å². The Labute approximate surface area is 118 Å². The van der Waals surface area contributed by atoms with Crippen molar-refractivity contribution in [2.24, 2.45) is 11.7 Å².